The van der Waals surface area contributed by atoms with Crippen LogP contribution in [0.1, 0.15) is 37.2 Å². The van der Waals surface area contributed by atoms with Crippen LogP contribution < -0.4 is 5.73 Å². The molecule has 1 heterocycles. The standard InChI is InChI=1S/C13H17N3O/c1-9(2)12(14)13-16-15-11(17-13)8-10-6-4-3-5-7-10/h3-7,9,12H,8,14H2,1-2H3. The smallest absolute Gasteiger partial charge is 0.233 e. The molecule has 0 aliphatic rings. The first kappa shape index (κ1) is 11.8. The topological polar surface area (TPSA) is 64.9 Å². The van der Waals surface area contributed by atoms with Gasteiger partial charge in [0.15, 0.2) is 0 Å². The fourth-order valence-corrected chi connectivity index (χ4v) is 1.53. The van der Waals surface area contributed by atoms with Crippen LogP contribution >= 0.6 is 0 Å². The van der Waals surface area contributed by atoms with Crippen molar-refractivity contribution in [1.82, 2.24) is 10.2 Å². The number of aromatic nitrogens is 2. The van der Waals surface area contributed by atoms with Crippen LogP contribution in [0.2, 0.25) is 0 Å². The second-order valence-electron chi connectivity index (χ2n) is 4.47. The van der Waals surface area contributed by atoms with Gasteiger partial charge in [-0.15, -0.1) is 10.2 Å². The molecular formula is C13H17N3O. The molecule has 0 saturated heterocycles. The largest absolute Gasteiger partial charge is 0.423 e. The molecule has 0 aliphatic heterocycles. The van der Waals surface area contributed by atoms with E-state index in [1.54, 1.807) is 0 Å². The highest BCUT2D eigenvalue weighted by Gasteiger charge is 2.17. The number of nitrogens with two attached hydrogens (primary N) is 1. The van der Waals surface area contributed by atoms with Crippen molar-refractivity contribution in [2.45, 2.75) is 26.3 Å². The van der Waals surface area contributed by atoms with Gasteiger partial charge in [0.1, 0.15) is 0 Å². The van der Waals surface area contributed by atoms with Gasteiger partial charge < -0.3 is 10.2 Å². The van der Waals surface area contributed by atoms with E-state index < -0.39 is 0 Å². The Kier molecular flexibility index (Phi) is 3.54. The van der Waals surface area contributed by atoms with Crippen LogP contribution in [0.3, 0.4) is 0 Å². The maximum absolute atomic E-state index is 5.95. The fourth-order valence-electron chi connectivity index (χ4n) is 1.53. The third kappa shape index (κ3) is 2.91. The Morgan fingerprint density at radius 2 is 1.88 bits per heavy atom. The van der Waals surface area contributed by atoms with Crippen molar-refractivity contribution in [3.05, 3.63) is 47.7 Å². The second kappa shape index (κ2) is 5.10. The lowest BCUT2D eigenvalue weighted by molar-refractivity contribution is 0.374. The van der Waals surface area contributed by atoms with E-state index in [-0.39, 0.29) is 6.04 Å². The number of benzene rings is 1. The molecule has 1 aromatic heterocycles. The average Bonchev–Trinajstić information content (AvgIpc) is 2.77. The van der Waals surface area contributed by atoms with E-state index in [1.807, 2.05) is 44.2 Å². The Labute approximate surface area is 101 Å². The molecule has 0 spiro atoms. The van der Waals surface area contributed by atoms with Gasteiger partial charge >= 0.3 is 0 Å². The SMILES string of the molecule is CC(C)C(N)c1nnc(Cc2ccccc2)o1. The summed E-state index contributed by atoms with van der Waals surface area (Å²) in [5.41, 5.74) is 7.10. The van der Waals surface area contributed by atoms with E-state index in [4.69, 9.17) is 10.2 Å². The molecule has 4 heteroatoms. The average molecular weight is 231 g/mol. The molecule has 2 N–H and O–H groups in total. The molecule has 2 rings (SSSR count). The Hall–Kier alpha value is -1.68. The molecule has 0 fully saturated rings. The Morgan fingerprint density at radius 1 is 1.18 bits per heavy atom. The molecule has 4 nitrogen and oxygen atoms in total. The summed E-state index contributed by atoms with van der Waals surface area (Å²) in [4.78, 5) is 0. The van der Waals surface area contributed by atoms with Crippen molar-refractivity contribution < 1.29 is 4.42 Å². The molecule has 1 atom stereocenters. The first-order valence-electron chi connectivity index (χ1n) is 5.78. The molecule has 0 aliphatic carbocycles. The molecule has 2 aromatic rings. The van der Waals surface area contributed by atoms with Gasteiger partial charge in [-0.05, 0) is 11.5 Å². The zero-order valence-electron chi connectivity index (χ0n) is 10.1. The molecule has 90 valence electrons. The van der Waals surface area contributed by atoms with Crippen LogP contribution in [-0.4, -0.2) is 10.2 Å². The second-order valence-corrected chi connectivity index (χ2v) is 4.47. The minimum Gasteiger partial charge on any atom is -0.423 e. The maximum atomic E-state index is 5.95. The molecule has 1 unspecified atom stereocenters. The van der Waals surface area contributed by atoms with Gasteiger partial charge in [0.05, 0.1) is 12.5 Å². The van der Waals surface area contributed by atoms with Gasteiger partial charge in [0, 0.05) is 0 Å². The van der Waals surface area contributed by atoms with E-state index in [0.29, 0.717) is 24.1 Å². The lowest BCUT2D eigenvalue weighted by Crippen LogP contribution is -2.16. The Balaban J connectivity index is 2.09. The first-order valence-corrected chi connectivity index (χ1v) is 5.78. The van der Waals surface area contributed by atoms with E-state index in [1.165, 1.54) is 0 Å². The van der Waals surface area contributed by atoms with Gasteiger partial charge in [0.25, 0.3) is 0 Å². The van der Waals surface area contributed by atoms with Crippen molar-refractivity contribution in [2.24, 2.45) is 11.7 Å². The van der Waals surface area contributed by atoms with Crippen LogP contribution in [0.4, 0.5) is 0 Å². The predicted molar refractivity (Wildman–Crippen MR) is 65.3 cm³/mol. The highest BCUT2D eigenvalue weighted by molar-refractivity contribution is 5.17. The predicted octanol–water partition coefficient (Wildman–Crippen LogP) is 2.32. The van der Waals surface area contributed by atoms with Crippen LogP contribution in [-0.2, 0) is 6.42 Å². The molecule has 0 bridgehead atoms. The van der Waals surface area contributed by atoms with Crippen molar-refractivity contribution >= 4 is 0 Å². The van der Waals surface area contributed by atoms with E-state index >= 15 is 0 Å². The van der Waals surface area contributed by atoms with Crippen molar-refractivity contribution in [2.75, 3.05) is 0 Å². The molecule has 0 radical (unpaired) electrons. The summed E-state index contributed by atoms with van der Waals surface area (Å²) < 4.78 is 5.56. The van der Waals surface area contributed by atoms with Gasteiger partial charge in [-0.1, -0.05) is 44.2 Å². The molecule has 1 aromatic carbocycles. The zero-order valence-corrected chi connectivity index (χ0v) is 10.1. The highest BCUT2D eigenvalue weighted by Crippen LogP contribution is 2.18. The maximum Gasteiger partial charge on any atom is 0.233 e. The Bertz CT molecular complexity index is 465. The number of hydrogen-bond acceptors (Lipinski definition) is 4. The van der Waals surface area contributed by atoms with E-state index in [0.717, 1.165) is 5.56 Å². The third-order valence-corrected chi connectivity index (χ3v) is 2.68. The summed E-state index contributed by atoms with van der Waals surface area (Å²) in [7, 11) is 0. The quantitative estimate of drug-likeness (QED) is 0.877. The zero-order chi connectivity index (χ0) is 12.3. The van der Waals surface area contributed by atoms with Gasteiger partial charge in [0.2, 0.25) is 11.8 Å². The summed E-state index contributed by atoms with van der Waals surface area (Å²) in [6.07, 6.45) is 0.651. The van der Waals surface area contributed by atoms with Gasteiger partial charge in [-0.2, -0.15) is 0 Å². The van der Waals surface area contributed by atoms with E-state index in [9.17, 15) is 0 Å². The van der Waals surface area contributed by atoms with Crippen LogP contribution in [0.25, 0.3) is 0 Å². The lowest BCUT2D eigenvalue weighted by Gasteiger charge is -2.09. The summed E-state index contributed by atoms with van der Waals surface area (Å²) >= 11 is 0. The normalized spacial score (nSPS) is 12.9. The molecule has 17 heavy (non-hydrogen) atoms. The van der Waals surface area contributed by atoms with Gasteiger partial charge in [-0.25, -0.2) is 0 Å². The van der Waals surface area contributed by atoms with Crippen LogP contribution in [0.15, 0.2) is 34.7 Å². The van der Waals surface area contributed by atoms with E-state index in [2.05, 4.69) is 10.2 Å². The minimum atomic E-state index is -0.188. The summed E-state index contributed by atoms with van der Waals surface area (Å²) in [6, 6.07) is 9.85. The summed E-state index contributed by atoms with van der Waals surface area (Å²) in [5.74, 6) is 1.42. The minimum absolute atomic E-state index is 0.188. The first-order chi connectivity index (χ1) is 8.16. The molecule has 0 saturated carbocycles. The van der Waals surface area contributed by atoms with Crippen LogP contribution in [0, 0.1) is 5.92 Å². The van der Waals surface area contributed by atoms with Crippen molar-refractivity contribution in [3.8, 4) is 0 Å². The highest BCUT2D eigenvalue weighted by atomic mass is 16.4. The molecular weight excluding hydrogens is 214 g/mol. The lowest BCUT2D eigenvalue weighted by atomic mass is 10.1. The third-order valence-electron chi connectivity index (χ3n) is 2.68. The summed E-state index contributed by atoms with van der Waals surface area (Å²) in [5, 5.41) is 8.01. The van der Waals surface area contributed by atoms with Crippen molar-refractivity contribution in [3.63, 3.8) is 0 Å². The monoisotopic (exact) mass is 231 g/mol. The Morgan fingerprint density at radius 3 is 2.53 bits per heavy atom. The number of rotatable bonds is 4. The number of hydrogen-bond donors (Lipinski definition) is 1. The number of nitrogens with zero attached hydrogens (tertiary/aromatic N) is 2. The fraction of sp³-hybridized carbons (Fsp3) is 0.385. The molecule has 0 amide bonds. The van der Waals surface area contributed by atoms with Crippen molar-refractivity contribution in [1.29, 1.82) is 0 Å². The summed E-state index contributed by atoms with van der Waals surface area (Å²) in [6.45, 7) is 4.07. The van der Waals surface area contributed by atoms with Crippen LogP contribution in [0.5, 0.6) is 0 Å². The van der Waals surface area contributed by atoms with Gasteiger partial charge in [-0.3, -0.25) is 0 Å².